The Labute approximate surface area is 317 Å². The summed E-state index contributed by atoms with van der Waals surface area (Å²) in [6.07, 6.45) is -0.617. The second-order valence-corrected chi connectivity index (χ2v) is 13.9. The minimum atomic E-state index is -0.617. The van der Waals surface area contributed by atoms with Crippen LogP contribution in [0.4, 0.5) is 0 Å². The zero-order valence-corrected chi connectivity index (χ0v) is 29.8. The van der Waals surface area contributed by atoms with Crippen molar-refractivity contribution in [2.75, 3.05) is 0 Å². The van der Waals surface area contributed by atoms with Crippen molar-refractivity contribution in [2.45, 2.75) is 6.17 Å². The molecule has 0 aliphatic carbocycles. The number of nitrogens with one attached hydrogen (secondary N) is 1. The highest BCUT2D eigenvalue weighted by atomic mass is 35.5. The molecule has 0 saturated carbocycles. The molecule has 1 N–H and O–H groups in total. The van der Waals surface area contributed by atoms with Gasteiger partial charge in [-0.15, -0.1) is 0 Å². The Bertz CT molecular complexity index is 2900. The minimum absolute atomic E-state index is 0.571. The van der Waals surface area contributed by atoms with Gasteiger partial charge in [0.05, 0.1) is 5.02 Å². The summed E-state index contributed by atoms with van der Waals surface area (Å²) in [6, 6.07) is 63.0. The Kier molecular flexibility index (Phi) is 7.89. The number of hydrogen-bond acceptors (Lipinski definition) is 4. The molecule has 256 valence electrons. The Morgan fingerprint density at radius 2 is 1.02 bits per heavy atom. The summed E-state index contributed by atoms with van der Waals surface area (Å²) >= 11 is 6.76. The van der Waals surface area contributed by atoms with E-state index in [-0.39, 0.29) is 0 Å². The van der Waals surface area contributed by atoms with Gasteiger partial charge in [0.25, 0.3) is 0 Å². The monoisotopic (exact) mass is 713 g/mol. The molecule has 0 bridgehead atoms. The highest BCUT2D eigenvalue weighted by Gasteiger charge is 2.27. The third-order valence-electron chi connectivity index (χ3n) is 10.2. The second-order valence-electron chi connectivity index (χ2n) is 13.5. The largest absolute Gasteiger partial charge is 0.454 e. The van der Waals surface area contributed by atoms with Crippen molar-refractivity contribution >= 4 is 56.0 Å². The molecule has 0 fully saturated rings. The minimum Gasteiger partial charge on any atom is -0.454 e. The smallest absolute Gasteiger partial charge is 0.173 e. The molecule has 8 aromatic carbocycles. The van der Waals surface area contributed by atoms with Crippen LogP contribution in [0.3, 0.4) is 0 Å². The molecular weight excluding hydrogens is 682 g/mol. The maximum absolute atomic E-state index is 6.76. The predicted molar refractivity (Wildman–Crippen MR) is 224 cm³/mol. The van der Waals surface area contributed by atoms with E-state index >= 15 is 0 Å². The molecule has 1 atom stereocenters. The van der Waals surface area contributed by atoms with Gasteiger partial charge in [0, 0.05) is 27.5 Å². The molecule has 9 aromatic rings. The number of benzene rings is 8. The average molecular weight is 714 g/mol. The Balaban J connectivity index is 1.19. The second kappa shape index (κ2) is 13.3. The van der Waals surface area contributed by atoms with Crippen molar-refractivity contribution < 1.29 is 4.42 Å². The van der Waals surface area contributed by atoms with Gasteiger partial charge in [-0.25, -0.2) is 9.98 Å². The zero-order valence-electron chi connectivity index (χ0n) is 29.1. The van der Waals surface area contributed by atoms with Crippen LogP contribution in [0.1, 0.15) is 22.9 Å². The third-order valence-corrected chi connectivity index (χ3v) is 10.5. The van der Waals surface area contributed by atoms with E-state index in [0.717, 1.165) is 88.9 Å². The van der Waals surface area contributed by atoms with Gasteiger partial charge in [0.1, 0.15) is 17.3 Å². The number of nitrogens with zero attached hydrogens (tertiary/aromatic N) is 2. The highest BCUT2D eigenvalue weighted by molar-refractivity contribution is 6.36. The number of fused-ring (bicyclic) bond motifs is 5. The van der Waals surface area contributed by atoms with Crippen LogP contribution in [0.5, 0.6) is 0 Å². The van der Waals surface area contributed by atoms with Crippen LogP contribution in [0.15, 0.2) is 196 Å². The molecule has 0 radical (unpaired) electrons. The average Bonchev–Trinajstić information content (AvgIpc) is 3.65. The van der Waals surface area contributed by atoms with Crippen molar-refractivity contribution in [2.24, 2.45) is 9.98 Å². The summed E-state index contributed by atoms with van der Waals surface area (Å²) < 4.78 is 6.69. The van der Waals surface area contributed by atoms with Gasteiger partial charge in [-0.05, 0) is 62.4 Å². The molecule has 10 rings (SSSR count). The molecule has 1 aliphatic rings. The molecule has 4 nitrogen and oxygen atoms in total. The van der Waals surface area contributed by atoms with E-state index in [4.69, 9.17) is 26.0 Å². The van der Waals surface area contributed by atoms with Crippen LogP contribution >= 0.6 is 11.6 Å². The van der Waals surface area contributed by atoms with Gasteiger partial charge in [-0.1, -0.05) is 175 Å². The summed E-state index contributed by atoms with van der Waals surface area (Å²) in [6.45, 7) is 0. The van der Waals surface area contributed by atoms with Gasteiger partial charge in [-0.3, -0.25) is 0 Å². The topological polar surface area (TPSA) is 49.9 Å². The molecule has 0 saturated heterocycles. The van der Waals surface area contributed by atoms with Crippen LogP contribution in [-0.2, 0) is 0 Å². The molecule has 1 aliphatic heterocycles. The molecule has 0 amide bonds. The van der Waals surface area contributed by atoms with Gasteiger partial charge >= 0.3 is 0 Å². The number of halogens is 1. The first-order valence-electron chi connectivity index (χ1n) is 18.0. The summed E-state index contributed by atoms with van der Waals surface area (Å²) in [5.74, 6) is 1.46. The number of furan rings is 1. The van der Waals surface area contributed by atoms with E-state index in [1.807, 2.05) is 30.3 Å². The number of hydrogen-bond donors (Lipinski definition) is 1. The van der Waals surface area contributed by atoms with Crippen molar-refractivity contribution in [3.05, 3.63) is 204 Å². The lowest BCUT2D eigenvalue weighted by Crippen LogP contribution is -2.36. The fourth-order valence-electron chi connectivity index (χ4n) is 7.57. The standard InChI is InChI=1S/C49H32ClN3O/c50-43-22-12-21-40-44-38-20-11-10-19-37(38)30-42(46(44)54-45(40)43)49-52-47(35-25-23-33(24-26-35)31-13-4-1-5-14-31)51-48(53-49)39-28-27-36(32-15-6-2-7-16-32)29-41(39)34-17-8-3-9-18-34/h1-30,49H,(H,51,52,53). The SMILES string of the molecule is Clc1cccc2c1oc1c(C3N=C(c4ccc(-c5ccccc5)cc4)NC(c4ccc(-c5ccccc5)cc4-c4ccccc4)=N3)cc3ccccc3c12. The maximum Gasteiger partial charge on any atom is 0.173 e. The molecule has 54 heavy (non-hydrogen) atoms. The molecule has 0 spiro atoms. The first-order chi connectivity index (χ1) is 26.7. The van der Waals surface area contributed by atoms with Gasteiger partial charge in [-0.2, -0.15) is 0 Å². The number of aliphatic imine (C=N–C) groups is 2. The summed E-state index contributed by atoms with van der Waals surface area (Å²) in [4.78, 5) is 10.8. The number of rotatable bonds is 6. The van der Waals surface area contributed by atoms with Crippen molar-refractivity contribution in [1.82, 2.24) is 5.32 Å². The Morgan fingerprint density at radius 3 is 1.76 bits per heavy atom. The van der Waals surface area contributed by atoms with Gasteiger partial charge < -0.3 is 9.73 Å². The van der Waals surface area contributed by atoms with Gasteiger partial charge in [0.2, 0.25) is 0 Å². The fourth-order valence-corrected chi connectivity index (χ4v) is 7.79. The molecule has 5 heteroatoms. The van der Waals surface area contributed by atoms with E-state index in [9.17, 15) is 0 Å². The van der Waals surface area contributed by atoms with E-state index < -0.39 is 6.17 Å². The zero-order chi connectivity index (χ0) is 36.0. The van der Waals surface area contributed by atoms with Crippen LogP contribution in [-0.4, -0.2) is 11.7 Å². The third kappa shape index (κ3) is 5.65. The molecule has 1 unspecified atom stereocenters. The van der Waals surface area contributed by atoms with Gasteiger partial charge in [0.15, 0.2) is 11.7 Å². The van der Waals surface area contributed by atoms with Crippen molar-refractivity contribution in [1.29, 1.82) is 0 Å². The lowest BCUT2D eigenvalue weighted by molar-refractivity contribution is 0.649. The van der Waals surface area contributed by atoms with Crippen LogP contribution in [0.25, 0.3) is 66.1 Å². The maximum atomic E-state index is 6.76. The molecular formula is C49H32ClN3O. The van der Waals surface area contributed by atoms with Crippen molar-refractivity contribution in [3.63, 3.8) is 0 Å². The van der Waals surface area contributed by atoms with Crippen LogP contribution < -0.4 is 5.32 Å². The highest BCUT2D eigenvalue weighted by Crippen LogP contribution is 2.43. The normalized spacial score (nSPS) is 14.2. The lowest BCUT2D eigenvalue weighted by atomic mass is 9.93. The van der Waals surface area contributed by atoms with E-state index in [1.165, 1.54) is 0 Å². The number of amidine groups is 2. The molecule has 1 aromatic heterocycles. The quantitative estimate of drug-likeness (QED) is 0.186. The van der Waals surface area contributed by atoms with Crippen LogP contribution in [0.2, 0.25) is 5.02 Å². The lowest BCUT2D eigenvalue weighted by Gasteiger charge is -2.24. The Morgan fingerprint density at radius 1 is 0.444 bits per heavy atom. The summed E-state index contributed by atoms with van der Waals surface area (Å²) in [5.41, 5.74) is 11.0. The number of para-hydroxylation sites is 1. The van der Waals surface area contributed by atoms with E-state index in [1.54, 1.807) is 0 Å². The van der Waals surface area contributed by atoms with E-state index in [0.29, 0.717) is 10.6 Å². The first kappa shape index (κ1) is 31.9. The van der Waals surface area contributed by atoms with E-state index in [2.05, 4.69) is 157 Å². The Hall–Kier alpha value is -6.75. The molecule has 2 heterocycles. The predicted octanol–water partition coefficient (Wildman–Crippen LogP) is 12.9. The first-order valence-corrected chi connectivity index (χ1v) is 18.4. The summed E-state index contributed by atoms with van der Waals surface area (Å²) in [7, 11) is 0. The fraction of sp³-hybridized carbons (Fsp3) is 0.0204. The summed E-state index contributed by atoms with van der Waals surface area (Å²) in [5, 5.41) is 8.41. The van der Waals surface area contributed by atoms with Crippen LogP contribution in [0, 0.1) is 0 Å². The van der Waals surface area contributed by atoms with Crippen molar-refractivity contribution in [3.8, 4) is 33.4 Å².